The minimum absolute atomic E-state index is 1.10. The number of hydrogen-bond donors (Lipinski definition) is 1. The van der Waals surface area contributed by atoms with Crippen molar-refractivity contribution in [3.05, 3.63) is 40.3 Å². The van der Waals surface area contributed by atoms with Crippen molar-refractivity contribution in [1.29, 1.82) is 0 Å². The fourth-order valence-corrected chi connectivity index (χ4v) is 3.59. The Morgan fingerprint density at radius 1 is 1.33 bits per heavy atom. The monoisotopic (exact) mass is 256 g/mol. The number of aromatic amines is 2. The van der Waals surface area contributed by atoms with E-state index in [1.807, 2.05) is 11.3 Å². The van der Waals surface area contributed by atoms with Gasteiger partial charge in [0.2, 0.25) is 0 Å². The first kappa shape index (κ1) is 10.1. The third-order valence-electron chi connectivity index (χ3n) is 3.64. The second-order valence-electron chi connectivity index (χ2n) is 4.74. The highest BCUT2D eigenvalue weighted by Gasteiger charge is 2.27. The molecule has 0 amide bonds. The average molecular weight is 256 g/mol. The molecule has 4 heteroatoms. The van der Waals surface area contributed by atoms with E-state index >= 15 is 0 Å². The van der Waals surface area contributed by atoms with Crippen LogP contribution in [0.1, 0.15) is 10.6 Å². The molecule has 1 aliphatic rings. The quantitative estimate of drug-likeness (QED) is 0.695. The van der Waals surface area contributed by atoms with Gasteiger partial charge in [0, 0.05) is 30.1 Å². The summed E-state index contributed by atoms with van der Waals surface area (Å²) in [5.41, 5.74) is 5.17. The fourth-order valence-electron chi connectivity index (χ4n) is 2.71. The Labute approximate surface area is 109 Å². The first-order valence-electron chi connectivity index (χ1n) is 6.15. The maximum Gasteiger partial charge on any atom is 0.302 e. The highest BCUT2D eigenvalue weighted by atomic mass is 32.1. The van der Waals surface area contributed by atoms with Crippen LogP contribution in [0.4, 0.5) is 0 Å². The van der Waals surface area contributed by atoms with E-state index in [1.165, 1.54) is 27.5 Å². The van der Waals surface area contributed by atoms with E-state index in [1.54, 1.807) is 0 Å². The number of rotatable bonds is 1. The summed E-state index contributed by atoms with van der Waals surface area (Å²) in [5.74, 6) is 1.10. The van der Waals surface area contributed by atoms with Gasteiger partial charge in [-0.2, -0.15) is 0 Å². The number of nitrogens with one attached hydrogen (secondary N) is 2. The summed E-state index contributed by atoms with van der Waals surface area (Å²) in [5, 5.41) is 2.18. The maximum atomic E-state index is 3.55. The zero-order valence-electron chi connectivity index (χ0n) is 10.2. The molecule has 0 bridgehead atoms. The summed E-state index contributed by atoms with van der Waals surface area (Å²) in [6.07, 6.45) is 4.32. The van der Waals surface area contributed by atoms with Gasteiger partial charge < -0.3 is 4.57 Å². The molecule has 0 atom stereocenters. The standard InChI is InChI=1S/C14H13N3S/c1-17-7-2-3-11(17)14-15-10-4-5-12-9(6-8-18-12)13(10)16-14/h2-3,6-8H,4-5H2,1H3,(H,15,16)/p+1. The van der Waals surface area contributed by atoms with Gasteiger partial charge in [-0.25, -0.2) is 9.97 Å². The fraction of sp³-hybridized carbons (Fsp3) is 0.214. The number of H-pyrrole nitrogens is 2. The molecule has 4 rings (SSSR count). The first-order chi connectivity index (χ1) is 8.83. The molecule has 90 valence electrons. The van der Waals surface area contributed by atoms with Crippen molar-refractivity contribution in [2.24, 2.45) is 7.05 Å². The minimum atomic E-state index is 1.10. The summed E-state index contributed by atoms with van der Waals surface area (Å²) in [6, 6.07) is 6.42. The van der Waals surface area contributed by atoms with E-state index < -0.39 is 0 Å². The van der Waals surface area contributed by atoms with Crippen molar-refractivity contribution in [2.45, 2.75) is 12.8 Å². The Hall–Kier alpha value is -1.81. The second-order valence-corrected chi connectivity index (χ2v) is 5.74. The third kappa shape index (κ3) is 1.32. The summed E-state index contributed by atoms with van der Waals surface area (Å²) >= 11 is 1.86. The first-order valence-corrected chi connectivity index (χ1v) is 7.03. The molecular weight excluding hydrogens is 242 g/mol. The van der Waals surface area contributed by atoms with Crippen LogP contribution in [0.3, 0.4) is 0 Å². The number of imidazole rings is 1. The van der Waals surface area contributed by atoms with Gasteiger partial charge in [0.05, 0.1) is 0 Å². The van der Waals surface area contributed by atoms with Gasteiger partial charge >= 0.3 is 5.82 Å². The van der Waals surface area contributed by atoms with Crippen molar-refractivity contribution in [3.8, 4) is 22.8 Å². The van der Waals surface area contributed by atoms with Crippen molar-refractivity contribution >= 4 is 11.3 Å². The predicted molar refractivity (Wildman–Crippen MR) is 72.5 cm³/mol. The van der Waals surface area contributed by atoms with E-state index in [-0.39, 0.29) is 0 Å². The lowest BCUT2D eigenvalue weighted by Gasteiger charge is -2.05. The van der Waals surface area contributed by atoms with Crippen molar-refractivity contribution < 1.29 is 4.98 Å². The molecule has 2 N–H and O–H groups in total. The number of hydrogen-bond acceptors (Lipinski definition) is 1. The lowest BCUT2D eigenvalue weighted by molar-refractivity contribution is -0.350. The summed E-state index contributed by atoms with van der Waals surface area (Å²) in [6.45, 7) is 0. The Morgan fingerprint density at radius 2 is 2.28 bits per heavy atom. The van der Waals surface area contributed by atoms with Crippen LogP contribution in [0.25, 0.3) is 22.8 Å². The Morgan fingerprint density at radius 3 is 3.11 bits per heavy atom. The number of fused-ring (bicyclic) bond motifs is 3. The van der Waals surface area contributed by atoms with E-state index in [4.69, 9.17) is 0 Å². The SMILES string of the molecule is Cn1cccc1-c1[nH]c2c([nH+]1)-c1ccsc1CC2. The van der Waals surface area contributed by atoms with E-state index in [2.05, 4.69) is 51.4 Å². The van der Waals surface area contributed by atoms with Crippen LogP contribution in [-0.2, 0) is 19.9 Å². The van der Waals surface area contributed by atoms with E-state index in [0.29, 0.717) is 0 Å². The molecule has 0 radical (unpaired) electrons. The molecular formula is C14H14N3S+. The van der Waals surface area contributed by atoms with Crippen LogP contribution in [0.15, 0.2) is 29.8 Å². The Balaban J connectivity index is 1.90. The second kappa shape index (κ2) is 3.59. The van der Waals surface area contributed by atoms with Gasteiger partial charge in [-0.05, 0) is 30.0 Å². The van der Waals surface area contributed by atoms with Gasteiger partial charge in [0.15, 0.2) is 5.69 Å². The van der Waals surface area contributed by atoms with Gasteiger partial charge in [0.1, 0.15) is 11.4 Å². The summed E-state index contributed by atoms with van der Waals surface area (Å²) < 4.78 is 2.13. The maximum absolute atomic E-state index is 3.55. The van der Waals surface area contributed by atoms with E-state index in [9.17, 15) is 0 Å². The van der Waals surface area contributed by atoms with Crippen molar-refractivity contribution in [3.63, 3.8) is 0 Å². The van der Waals surface area contributed by atoms with Crippen LogP contribution in [0, 0.1) is 0 Å². The number of thiophene rings is 1. The molecule has 3 nitrogen and oxygen atoms in total. The van der Waals surface area contributed by atoms with Gasteiger partial charge in [0.25, 0.3) is 0 Å². The highest BCUT2D eigenvalue weighted by molar-refractivity contribution is 7.10. The molecule has 18 heavy (non-hydrogen) atoms. The molecule has 3 aromatic rings. The van der Waals surface area contributed by atoms with Crippen LogP contribution < -0.4 is 4.98 Å². The topological polar surface area (TPSA) is 34.9 Å². The van der Waals surface area contributed by atoms with Crippen molar-refractivity contribution in [1.82, 2.24) is 9.55 Å². The third-order valence-corrected chi connectivity index (χ3v) is 4.63. The molecule has 0 spiro atoms. The average Bonchev–Trinajstić information content (AvgIpc) is 3.04. The predicted octanol–water partition coefficient (Wildman–Crippen LogP) is 2.66. The van der Waals surface area contributed by atoms with Gasteiger partial charge in [-0.15, -0.1) is 11.3 Å². The van der Waals surface area contributed by atoms with Crippen LogP contribution in [0.2, 0.25) is 0 Å². The molecule has 1 aliphatic carbocycles. The summed E-state index contributed by atoms with van der Waals surface area (Å²) in [4.78, 5) is 8.58. The van der Waals surface area contributed by atoms with E-state index in [0.717, 1.165) is 18.7 Å². The smallest absolute Gasteiger partial charge is 0.302 e. The highest BCUT2D eigenvalue weighted by Crippen LogP contribution is 2.34. The minimum Gasteiger partial charge on any atom is -0.344 e. The van der Waals surface area contributed by atoms with Crippen LogP contribution in [-0.4, -0.2) is 9.55 Å². The summed E-state index contributed by atoms with van der Waals surface area (Å²) in [7, 11) is 2.07. The lowest BCUT2D eigenvalue weighted by Crippen LogP contribution is -2.10. The molecule has 0 aromatic carbocycles. The van der Waals surface area contributed by atoms with Crippen LogP contribution in [0.5, 0.6) is 0 Å². The molecule has 0 aliphatic heterocycles. The lowest BCUT2D eigenvalue weighted by atomic mass is 10.0. The molecule has 0 saturated heterocycles. The van der Waals surface area contributed by atoms with Crippen molar-refractivity contribution in [2.75, 3.05) is 0 Å². The molecule has 3 heterocycles. The van der Waals surface area contributed by atoms with Gasteiger partial charge in [-0.3, -0.25) is 0 Å². The zero-order valence-corrected chi connectivity index (χ0v) is 11.0. The van der Waals surface area contributed by atoms with Crippen LogP contribution >= 0.6 is 11.3 Å². The number of aromatic nitrogens is 3. The Kier molecular flexibility index (Phi) is 2.02. The molecule has 0 unspecified atom stereocenters. The molecule has 0 fully saturated rings. The molecule has 0 saturated carbocycles. The zero-order chi connectivity index (χ0) is 12.1. The number of nitrogens with zero attached hydrogens (tertiary/aromatic N) is 1. The van der Waals surface area contributed by atoms with Gasteiger partial charge in [-0.1, -0.05) is 0 Å². The normalized spacial score (nSPS) is 13.4. The Bertz CT molecular complexity index is 717. The number of aryl methyl sites for hydroxylation is 3. The molecule has 3 aromatic heterocycles. The largest absolute Gasteiger partial charge is 0.344 e.